The van der Waals surface area contributed by atoms with Crippen molar-refractivity contribution in [1.82, 2.24) is 14.5 Å². The molecule has 0 radical (unpaired) electrons. The van der Waals surface area contributed by atoms with Gasteiger partial charge in [0.25, 0.3) is 0 Å². The summed E-state index contributed by atoms with van der Waals surface area (Å²) in [5.74, 6) is 0.732. The quantitative estimate of drug-likeness (QED) is 0.365. The fourth-order valence-corrected chi connectivity index (χ4v) is 3.57. The molecule has 1 fully saturated rings. The molecule has 0 saturated carbocycles. The third-order valence-electron chi connectivity index (χ3n) is 4.45. The van der Waals surface area contributed by atoms with Gasteiger partial charge in [0.2, 0.25) is 0 Å². The molecule has 2 aliphatic heterocycles. The number of hydrogen-bond acceptors (Lipinski definition) is 10. The molecule has 4 rings (SSSR count). The van der Waals surface area contributed by atoms with E-state index in [1.165, 1.54) is 15.9 Å². The number of hydrazone groups is 1. The molecule has 14 heteroatoms. The molecule has 0 aromatic carbocycles. The van der Waals surface area contributed by atoms with Gasteiger partial charge < -0.3 is 35.0 Å². The number of nitrogens with zero attached hydrogens (tertiary/aromatic N) is 5. The maximum Gasteiger partial charge on any atom is 0.469 e. The minimum Gasteiger partial charge on any atom is -0.387 e. The highest BCUT2D eigenvalue weighted by Gasteiger charge is 2.45. The molecule has 146 valence electrons. The molecule has 6 N–H and O–H groups in total. The second-order valence-corrected chi connectivity index (χ2v) is 7.43. The van der Waals surface area contributed by atoms with E-state index in [0.717, 1.165) is 0 Å². The smallest absolute Gasteiger partial charge is 0.387 e. The number of rotatable bonds is 4. The van der Waals surface area contributed by atoms with E-state index in [4.69, 9.17) is 20.3 Å². The Morgan fingerprint density at radius 1 is 1.33 bits per heavy atom. The molecule has 1 unspecified atom stereocenters. The van der Waals surface area contributed by atoms with Crippen LogP contribution in [0.3, 0.4) is 0 Å². The van der Waals surface area contributed by atoms with Crippen molar-refractivity contribution >= 4 is 30.5 Å². The Hall–Kier alpha value is -2.12. The Morgan fingerprint density at radius 2 is 2.07 bits per heavy atom. The number of amidine groups is 1. The van der Waals surface area contributed by atoms with E-state index in [-0.39, 0.29) is 5.84 Å². The molecule has 1 saturated heterocycles. The number of hydrogen-bond donors (Lipinski definition) is 5. The summed E-state index contributed by atoms with van der Waals surface area (Å²) in [4.78, 5) is 26.0. The molecule has 2 aromatic rings. The standard InChI is InChI=1S/C13H17N6O7P/c1-18-11-7-5(10(14)17-18)2-19(12(7)16-4-15-11)13-9(21)8(20)6(26-13)3-25-27(22,23)24/h2,4,6,8-9,13,20-21H,3H2,1H3,(H2,14,17)(H2,22,23,24)/t6-,8?,9+,13-/m1/s1. The number of aliphatic hydroxyl groups excluding tert-OH is 2. The summed E-state index contributed by atoms with van der Waals surface area (Å²) < 4.78 is 22.3. The van der Waals surface area contributed by atoms with Gasteiger partial charge in [-0.2, -0.15) is 5.10 Å². The zero-order valence-corrected chi connectivity index (χ0v) is 14.8. The lowest BCUT2D eigenvalue weighted by atomic mass is 10.1. The first kappa shape index (κ1) is 18.3. The van der Waals surface area contributed by atoms with E-state index < -0.39 is 39.0 Å². The zero-order chi connectivity index (χ0) is 19.5. The third-order valence-corrected chi connectivity index (χ3v) is 4.93. The average molecular weight is 400 g/mol. The van der Waals surface area contributed by atoms with Crippen LogP contribution in [-0.4, -0.2) is 72.3 Å². The van der Waals surface area contributed by atoms with Crippen molar-refractivity contribution in [3.63, 3.8) is 0 Å². The second kappa shape index (κ2) is 6.21. The summed E-state index contributed by atoms with van der Waals surface area (Å²) >= 11 is 0. The summed E-state index contributed by atoms with van der Waals surface area (Å²) in [6, 6.07) is 0. The molecule has 0 spiro atoms. The van der Waals surface area contributed by atoms with Crippen LogP contribution in [0.4, 0.5) is 5.82 Å². The van der Waals surface area contributed by atoms with Crippen molar-refractivity contribution in [3.8, 4) is 0 Å². The van der Waals surface area contributed by atoms with Gasteiger partial charge in [-0.1, -0.05) is 0 Å². The summed E-state index contributed by atoms with van der Waals surface area (Å²) in [6.07, 6.45) is -2.17. The minimum absolute atomic E-state index is 0.220. The molecule has 13 nitrogen and oxygen atoms in total. The van der Waals surface area contributed by atoms with Crippen LogP contribution in [0.2, 0.25) is 0 Å². The molecular formula is C13H17N6O7P. The maximum absolute atomic E-state index is 10.9. The highest BCUT2D eigenvalue weighted by molar-refractivity contribution is 7.46. The SMILES string of the molecule is CN1N=C(N)c2cn([C@@H]3O[C@H](COP(=O)(O)O)C(O)[C@@H]3O)c3ncnc1c23. The van der Waals surface area contributed by atoms with Gasteiger partial charge in [-0.25, -0.2) is 19.5 Å². The number of nitrogens with two attached hydrogens (primary N) is 1. The van der Waals surface area contributed by atoms with Crippen LogP contribution in [0.5, 0.6) is 0 Å². The van der Waals surface area contributed by atoms with Gasteiger partial charge in [-0.3, -0.25) is 4.52 Å². The highest BCUT2D eigenvalue weighted by Crippen LogP contribution is 2.40. The number of aliphatic hydroxyl groups is 2. The van der Waals surface area contributed by atoms with E-state index in [2.05, 4.69) is 19.6 Å². The number of ether oxygens (including phenoxy) is 1. The first-order valence-electron chi connectivity index (χ1n) is 7.83. The summed E-state index contributed by atoms with van der Waals surface area (Å²) in [7, 11) is -3.07. The predicted molar refractivity (Wildman–Crippen MR) is 90.6 cm³/mol. The minimum atomic E-state index is -4.75. The van der Waals surface area contributed by atoms with Gasteiger partial charge in [-0.05, 0) is 0 Å². The number of aromatic nitrogens is 3. The second-order valence-electron chi connectivity index (χ2n) is 6.19. The van der Waals surface area contributed by atoms with Crippen LogP contribution >= 0.6 is 7.82 Å². The lowest BCUT2D eigenvalue weighted by Gasteiger charge is -2.19. The van der Waals surface area contributed by atoms with Crippen LogP contribution in [0.25, 0.3) is 11.0 Å². The van der Waals surface area contributed by atoms with Crippen molar-refractivity contribution in [2.75, 3.05) is 18.7 Å². The van der Waals surface area contributed by atoms with Crippen molar-refractivity contribution in [3.05, 3.63) is 18.1 Å². The fourth-order valence-electron chi connectivity index (χ4n) is 3.23. The molecule has 2 aliphatic rings. The summed E-state index contributed by atoms with van der Waals surface area (Å²) in [5, 5.41) is 26.8. The monoisotopic (exact) mass is 400 g/mol. The average Bonchev–Trinajstić information content (AvgIpc) is 3.11. The van der Waals surface area contributed by atoms with Crippen LogP contribution in [-0.2, 0) is 13.8 Å². The van der Waals surface area contributed by atoms with E-state index >= 15 is 0 Å². The summed E-state index contributed by atoms with van der Waals surface area (Å²) in [5.41, 5.74) is 6.91. The Balaban J connectivity index is 1.72. The third kappa shape index (κ3) is 2.99. The van der Waals surface area contributed by atoms with Crippen molar-refractivity contribution in [2.24, 2.45) is 10.8 Å². The van der Waals surface area contributed by atoms with Crippen LogP contribution in [0.1, 0.15) is 11.8 Å². The van der Waals surface area contributed by atoms with Crippen LogP contribution < -0.4 is 10.7 Å². The predicted octanol–water partition coefficient (Wildman–Crippen LogP) is -1.77. The number of phosphoric acid groups is 1. The fraction of sp³-hybridized carbons (Fsp3) is 0.462. The molecule has 4 heterocycles. The largest absolute Gasteiger partial charge is 0.469 e. The van der Waals surface area contributed by atoms with Gasteiger partial charge >= 0.3 is 7.82 Å². The first-order chi connectivity index (χ1) is 12.7. The molecular weight excluding hydrogens is 383 g/mol. The van der Waals surface area contributed by atoms with Crippen LogP contribution in [0, 0.1) is 0 Å². The van der Waals surface area contributed by atoms with Gasteiger partial charge in [-0.15, -0.1) is 0 Å². The van der Waals surface area contributed by atoms with Crippen molar-refractivity contribution in [1.29, 1.82) is 0 Å². The van der Waals surface area contributed by atoms with Gasteiger partial charge in [0.15, 0.2) is 17.9 Å². The Bertz CT molecular complexity index is 973. The Kier molecular flexibility index (Phi) is 4.20. The molecule has 4 atom stereocenters. The molecule has 2 aromatic heterocycles. The lowest BCUT2D eigenvalue weighted by molar-refractivity contribution is -0.0501. The summed E-state index contributed by atoms with van der Waals surface area (Å²) in [6.45, 7) is -0.600. The molecule has 0 aliphatic carbocycles. The zero-order valence-electron chi connectivity index (χ0n) is 13.9. The van der Waals surface area contributed by atoms with Gasteiger partial charge in [0, 0.05) is 18.8 Å². The van der Waals surface area contributed by atoms with E-state index in [1.807, 2.05) is 0 Å². The van der Waals surface area contributed by atoms with E-state index in [9.17, 15) is 14.8 Å². The lowest BCUT2D eigenvalue weighted by Crippen LogP contribution is -2.33. The Labute approximate surface area is 151 Å². The van der Waals surface area contributed by atoms with E-state index in [1.54, 1.807) is 13.2 Å². The van der Waals surface area contributed by atoms with E-state index in [0.29, 0.717) is 22.4 Å². The molecule has 27 heavy (non-hydrogen) atoms. The van der Waals surface area contributed by atoms with Gasteiger partial charge in [0.05, 0.1) is 12.0 Å². The van der Waals surface area contributed by atoms with Gasteiger partial charge in [0.1, 0.15) is 30.3 Å². The van der Waals surface area contributed by atoms with Crippen molar-refractivity contribution < 1.29 is 33.8 Å². The normalized spacial score (nSPS) is 28.0. The first-order valence-corrected chi connectivity index (χ1v) is 9.36. The number of anilines is 1. The number of phosphoric ester groups is 1. The maximum atomic E-state index is 10.9. The molecule has 0 amide bonds. The Morgan fingerprint density at radius 3 is 2.78 bits per heavy atom. The topological polar surface area (TPSA) is 189 Å². The van der Waals surface area contributed by atoms with Crippen LogP contribution in [0.15, 0.2) is 17.6 Å². The molecule has 0 bridgehead atoms. The van der Waals surface area contributed by atoms with Crippen molar-refractivity contribution in [2.45, 2.75) is 24.5 Å². The highest BCUT2D eigenvalue weighted by atomic mass is 31.2.